The number of ether oxygens (including phenoxy) is 1. The van der Waals surface area contributed by atoms with Crippen LogP contribution in [0.25, 0.3) is 16.9 Å². The molecule has 0 atom stereocenters. The highest BCUT2D eigenvalue weighted by Crippen LogP contribution is 2.34. The first-order valence-corrected chi connectivity index (χ1v) is 11.7. The van der Waals surface area contributed by atoms with E-state index in [0.29, 0.717) is 31.7 Å². The second-order valence-corrected chi connectivity index (χ2v) is 9.46. The average molecular weight is 430 g/mol. The average Bonchev–Trinajstić information content (AvgIpc) is 3.19. The van der Waals surface area contributed by atoms with E-state index in [1.165, 1.54) is 22.7 Å². The lowest BCUT2D eigenvalue weighted by Gasteiger charge is -2.29. The molecule has 3 aromatic rings. The molecular formula is C22H24FN3O3S. The lowest BCUT2D eigenvalue weighted by molar-refractivity contribution is 0.318. The molecule has 0 spiro atoms. The van der Waals surface area contributed by atoms with E-state index in [9.17, 15) is 12.8 Å². The van der Waals surface area contributed by atoms with Gasteiger partial charge in [0.1, 0.15) is 17.3 Å². The summed E-state index contributed by atoms with van der Waals surface area (Å²) in [5.41, 5.74) is 3.36. The summed E-state index contributed by atoms with van der Waals surface area (Å²) in [6.07, 6.45) is 2.66. The molecule has 0 aliphatic carbocycles. The maximum atomic E-state index is 13.5. The highest BCUT2D eigenvalue weighted by Gasteiger charge is 2.28. The van der Waals surface area contributed by atoms with Gasteiger partial charge in [-0.15, -0.1) is 0 Å². The van der Waals surface area contributed by atoms with Gasteiger partial charge in [-0.25, -0.2) is 21.8 Å². The Morgan fingerprint density at radius 2 is 1.73 bits per heavy atom. The molecule has 2 aromatic carbocycles. The first kappa shape index (κ1) is 20.6. The van der Waals surface area contributed by atoms with Crippen LogP contribution in [0.3, 0.4) is 0 Å². The van der Waals surface area contributed by atoms with Crippen LogP contribution < -0.4 is 4.74 Å². The molecule has 1 aliphatic heterocycles. The van der Waals surface area contributed by atoms with Crippen LogP contribution in [0.15, 0.2) is 54.6 Å². The van der Waals surface area contributed by atoms with Crippen LogP contribution in [-0.4, -0.2) is 49.0 Å². The molecule has 8 heteroatoms. The highest BCUT2D eigenvalue weighted by atomic mass is 32.2. The van der Waals surface area contributed by atoms with Crippen molar-refractivity contribution in [2.24, 2.45) is 0 Å². The first-order chi connectivity index (χ1) is 14.4. The van der Waals surface area contributed by atoms with Crippen LogP contribution in [0.5, 0.6) is 5.75 Å². The van der Waals surface area contributed by atoms with E-state index in [1.54, 1.807) is 19.2 Å². The fourth-order valence-corrected chi connectivity index (χ4v) is 4.77. The molecule has 1 aromatic heterocycles. The van der Waals surface area contributed by atoms with Crippen molar-refractivity contribution in [3.05, 3.63) is 66.1 Å². The summed E-state index contributed by atoms with van der Waals surface area (Å²) in [4.78, 5) is 0. The third kappa shape index (κ3) is 4.11. The number of sulfonamides is 1. The van der Waals surface area contributed by atoms with Crippen molar-refractivity contribution < 1.29 is 17.5 Å². The van der Waals surface area contributed by atoms with E-state index in [2.05, 4.69) is 0 Å². The van der Waals surface area contributed by atoms with Gasteiger partial charge in [0.05, 0.1) is 24.8 Å². The number of hydrogen-bond donors (Lipinski definition) is 0. The Hall–Kier alpha value is -2.71. The number of hydrogen-bond acceptors (Lipinski definition) is 4. The minimum Gasteiger partial charge on any atom is -0.494 e. The second kappa shape index (κ2) is 8.20. The van der Waals surface area contributed by atoms with Crippen LogP contribution >= 0.6 is 0 Å². The molecule has 1 aliphatic rings. The Morgan fingerprint density at radius 1 is 1.07 bits per heavy atom. The van der Waals surface area contributed by atoms with Gasteiger partial charge in [-0.2, -0.15) is 5.10 Å². The van der Waals surface area contributed by atoms with Crippen LogP contribution in [0, 0.1) is 5.82 Å². The summed E-state index contributed by atoms with van der Waals surface area (Å²) in [5, 5.41) is 4.87. The van der Waals surface area contributed by atoms with E-state index in [1.807, 2.05) is 35.0 Å². The van der Waals surface area contributed by atoms with E-state index in [4.69, 9.17) is 9.84 Å². The number of benzene rings is 2. The smallest absolute Gasteiger partial charge is 0.211 e. The molecule has 2 heterocycles. The molecule has 0 bridgehead atoms. The van der Waals surface area contributed by atoms with Crippen molar-refractivity contribution in [2.75, 3.05) is 26.5 Å². The van der Waals surface area contributed by atoms with Gasteiger partial charge < -0.3 is 4.74 Å². The van der Waals surface area contributed by atoms with Crippen molar-refractivity contribution >= 4 is 10.0 Å². The minimum atomic E-state index is -3.18. The largest absolute Gasteiger partial charge is 0.494 e. The lowest BCUT2D eigenvalue weighted by atomic mass is 9.94. The molecule has 0 amide bonds. The summed E-state index contributed by atoms with van der Waals surface area (Å²) in [5.74, 6) is 0.538. The molecule has 0 unspecified atom stereocenters. The van der Waals surface area contributed by atoms with Crippen LogP contribution in [-0.2, 0) is 10.0 Å². The number of rotatable bonds is 5. The quantitative estimate of drug-likeness (QED) is 0.618. The Bertz CT molecular complexity index is 1130. The number of halogens is 1. The summed E-state index contributed by atoms with van der Waals surface area (Å²) in [7, 11) is -1.57. The first-order valence-electron chi connectivity index (χ1n) is 9.81. The maximum absolute atomic E-state index is 13.5. The molecule has 0 radical (unpaired) electrons. The monoisotopic (exact) mass is 429 g/mol. The maximum Gasteiger partial charge on any atom is 0.211 e. The third-order valence-electron chi connectivity index (χ3n) is 5.52. The molecule has 158 valence electrons. The van der Waals surface area contributed by atoms with Crippen molar-refractivity contribution in [2.45, 2.75) is 18.8 Å². The number of methoxy groups -OCH3 is 1. The Morgan fingerprint density at radius 3 is 2.37 bits per heavy atom. The lowest BCUT2D eigenvalue weighted by Crippen LogP contribution is -2.37. The highest BCUT2D eigenvalue weighted by molar-refractivity contribution is 7.88. The van der Waals surface area contributed by atoms with Gasteiger partial charge in [-0.05, 0) is 55.3 Å². The molecule has 4 rings (SSSR count). The van der Waals surface area contributed by atoms with Crippen molar-refractivity contribution in [1.82, 2.24) is 14.1 Å². The predicted molar refractivity (Wildman–Crippen MR) is 114 cm³/mol. The Kier molecular flexibility index (Phi) is 5.62. The fourth-order valence-electron chi connectivity index (χ4n) is 3.90. The zero-order chi connectivity index (χ0) is 21.3. The Balaban J connectivity index is 1.74. The topological polar surface area (TPSA) is 64.4 Å². The normalized spacial score (nSPS) is 16.0. The molecule has 30 heavy (non-hydrogen) atoms. The van der Waals surface area contributed by atoms with Crippen LogP contribution in [0.4, 0.5) is 4.39 Å². The zero-order valence-corrected chi connectivity index (χ0v) is 17.8. The van der Waals surface area contributed by atoms with E-state index in [0.717, 1.165) is 22.6 Å². The van der Waals surface area contributed by atoms with Gasteiger partial charge in [-0.1, -0.05) is 12.1 Å². The van der Waals surface area contributed by atoms with Gasteiger partial charge in [-0.3, -0.25) is 0 Å². The van der Waals surface area contributed by atoms with Gasteiger partial charge in [0, 0.05) is 24.6 Å². The number of nitrogens with zero attached hydrogens (tertiary/aromatic N) is 3. The standard InChI is InChI=1S/C22H24FN3O3S/c1-29-22-6-4-3-5-20(22)26-21(17-7-9-18(23)10-8-17)15-19(24-26)16-11-13-25(14-12-16)30(2,27)28/h3-10,15-16H,11-14H2,1-2H3. The minimum absolute atomic E-state index is 0.151. The van der Waals surface area contributed by atoms with E-state index >= 15 is 0 Å². The summed E-state index contributed by atoms with van der Waals surface area (Å²) in [6, 6.07) is 15.9. The van der Waals surface area contributed by atoms with Gasteiger partial charge in [0.2, 0.25) is 10.0 Å². The van der Waals surface area contributed by atoms with Gasteiger partial charge in [0.15, 0.2) is 0 Å². The van der Waals surface area contributed by atoms with Crippen molar-refractivity contribution in [3.63, 3.8) is 0 Å². The number of piperidine rings is 1. The summed E-state index contributed by atoms with van der Waals surface area (Å²) >= 11 is 0. The molecule has 1 saturated heterocycles. The number of aromatic nitrogens is 2. The fraction of sp³-hybridized carbons (Fsp3) is 0.318. The molecule has 6 nitrogen and oxygen atoms in total. The molecular weight excluding hydrogens is 405 g/mol. The van der Waals surface area contributed by atoms with Crippen molar-refractivity contribution in [1.29, 1.82) is 0 Å². The van der Waals surface area contributed by atoms with Crippen LogP contribution in [0.1, 0.15) is 24.5 Å². The third-order valence-corrected chi connectivity index (χ3v) is 6.83. The number of para-hydroxylation sites is 2. The zero-order valence-electron chi connectivity index (χ0n) is 17.0. The van der Waals surface area contributed by atoms with Gasteiger partial charge in [0.25, 0.3) is 0 Å². The summed E-state index contributed by atoms with van der Waals surface area (Å²) < 4.78 is 46.0. The predicted octanol–water partition coefficient (Wildman–Crippen LogP) is 3.83. The molecule has 1 fully saturated rings. The van der Waals surface area contributed by atoms with Crippen molar-refractivity contribution in [3.8, 4) is 22.7 Å². The Labute approximate surface area is 176 Å². The van der Waals surface area contributed by atoms with Crippen LogP contribution in [0.2, 0.25) is 0 Å². The summed E-state index contributed by atoms with van der Waals surface area (Å²) in [6.45, 7) is 0.966. The molecule has 0 saturated carbocycles. The second-order valence-electron chi connectivity index (χ2n) is 7.48. The van der Waals surface area contributed by atoms with Gasteiger partial charge >= 0.3 is 0 Å². The van der Waals surface area contributed by atoms with E-state index < -0.39 is 10.0 Å². The van der Waals surface area contributed by atoms with E-state index in [-0.39, 0.29) is 11.7 Å². The molecule has 0 N–H and O–H groups in total. The SMILES string of the molecule is COc1ccccc1-n1nc(C2CCN(S(C)(=O)=O)CC2)cc1-c1ccc(F)cc1.